The molecule has 0 N–H and O–H groups in total. The Morgan fingerprint density at radius 3 is 2.50 bits per heavy atom. The number of carbonyl (C=O) groups is 1. The zero-order valence-electron chi connectivity index (χ0n) is 9.04. The van der Waals surface area contributed by atoms with Gasteiger partial charge in [-0.05, 0) is 32.4 Å². The van der Waals surface area contributed by atoms with Gasteiger partial charge in [0.15, 0.2) is 0 Å². The maximum atomic E-state index is 11.5. The molecule has 0 aromatic rings. The fourth-order valence-corrected chi connectivity index (χ4v) is 2.52. The molecular formula is C11H20N2O. The van der Waals surface area contributed by atoms with Crippen LogP contribution in [0.15, 0.2) is 0 Å². The van der Waals surface area contributed by atoms with Gasteiger partial charge in [0.25, 0.3) is 0 Å². The van der Waals surface area contributed by atoms with E-state index in [1.807, 2.05) is 11.9 Å². The van der Waals surface area contributed by atoms with Crippen molar-refractivity contribution in [1.29, 1.82) is 0 Å². The summed E-state index contributed by atoms with van der Waals surface area (Å²) < 4.78 is 0. The maximum absolute atomic E-state index is 11.5. The lowest BCUT2D eigenvalue weighted by atomic mass is 10.00. The minimum atomic E-state index is 0.326. The molecule has 3 heteroatoms. The fourth-order valence-electron chi connectivity index (χ4n) is 2.52. The number of amides is 1. The van der Waals surface area contributed by atoms with Crippen LogP contribution >= 0.6 is 0 Å². The Labute approximate surface area is 86.1 Å². The first-order valence-corrected chi connectivity index (χ1v) is 5.75. The summed E-state index contributed by atoms with van der Waals surface area (Å²) in [6.45, 7) is 3.36. The third-order valence-corrected chi connectivity index (χ3v) is 3.54. The van der Waals surface area contributed by atoms with E-state index in [-0.39, 0.29) is 0 Å². The molecule has 0 aromatic heterocycles. The van der Waals surface area contributed by atoms with E-state index >= 15 is 0 Å². The average Bonchev–Trinajstić information content (AvgIpc) is 2.23. The average molecular weight is 196 g/mol. The van der Waals surface area contributed by atoms with Crippen molar-refractivity contribution in [3.05, 3.63) is 0 Å². The first kappa shape index (κ1) is 9.97. The number of rotatable bonds is 1. The van der Waals surface area contributed by atoms with Crippen LogP contribution in [0.5, 0.6) is 0 Å². The van der Waals surface area contributed by atoms with Gasteiger partial charge in [0, 0.05) is 26.1 Å². The molecule has 1 unspecified atom stereocenters. The number of hydrogen-bond acceptors (Lipinski definition) is 2. The molecule has 80 valence electrons. The van der Waals surface area contributed by atoms with Crippen LogP contribution in [0.4, 0.5) is 0 Å². The quantitative estimate of drug-likeness (QED) is 0.627. The largest absolute Gasteiger partial charge is 0.346 e. The van der Waals surface area contributed by atoms with Crippen molar-refractivity contribution in [1.82, 2.24) is 9.80 Å². The molecule has 0 spiro atoms. The summed E-state index contributed by atoms with van der Waals surface area (Å²) in [5.41, 5.74) is 0. The molecule has 0 saturated carbocycles. The van der Waals surface area contributed by atoms with Crippen LogP contribution in [0, 0.1) is 0 Å². The van der Waals surface area contributed by atoms with Crippen molar-refractivity contribution < 1.29 is 4.79 Å². The molecule has 0 bridgehead atoms. The summed E-state index contributed by atoms with van der Waals surface area (Å²) in [5.74, 6) is 0.326. The molecule has 3 nitrogen and oxygen atoms in total. The predicted molar refractivity (Wildman–Crippen MR) is 56.1 cm³/mol. The van der Waals surface area contributed by atoms with Crippen molar-refractivity contribution in [3.63, 3.8) is 0 Å². The van der Waals surface area contributed by atoms with Gasteiger partial charge in [-0.1, -0.05) is 6.42 Å². The minimum Gasteiger partial charge on any atom is -0.346 e. The Kier molecular flexibility index (Phi) is 3.06. The van der Waals surface area contributed by atoms with E-state index in [9.17, 15) is 4.79 Å². The normalized spacial score (nSPS) is 30.8. The Balaban J connectivity index is 1.88. The van der Waals surface area contributed by atoms with Gasteiger partial charge in [-0.15, -0.1) is 0 Å². The molecule has 0 aliphatic carbocycles. The summed E-state index contributed by atoms with van der Waals surface area (Å²) in [7, 11) is 1.91. The van der Waals surface area contributed by atoms with Crippen molar-refractivity contribution in [2.75, 3.05) is 26.7 Å². The van der Waals surface area contributed by atoms with Gasteiger partial charge in [0.1, 0.15) is 0 Å². The molecule has 2 saturated heterocycles. The van der Waals surface area contributed by atoms with E-state index < -0.39 is 0 Å². The lowest BCUT2D eigenvalue weighted by Gasteiger charge is -2.38. The Morgan fingerprint density at radius 2 is 1.86 bits per heavy atom. The second-order valence-corrected chi connectivity index (χ2v) is 4.56. The molecule has 14 heavy (non-hydrogen) atoms. The lowest BCUT2D eigenvalue weighted by Crippen LogP contribution is -2.47. The highest BCUT2D eigenvalue weighted by atomic mass is 16.2. The predicted octanol–water partition coefficient (Wildman–Crippen LogP) is 1.09. The van der Waals surface area contributed by atoms with Gasteiger partial charge in [-0.25, -0.2) is 0 Å². The monoisotopic (exact) mass is 196 g/mol. The van der Waals surface area contributed by atoms with Crippen molar-refractivity contribution in [2.45, 2.75) is 38.1 Å². The lowest BCUT2D eigenvalue weighted by molar-refractivity contribution is -0.134. The summed E-state index contributed by atoms with van der Waals surface area (Å²) >= 11 is 0. The van der Waals surface area contributed by atoms with Gasteiger partial charge in [0.2, 0.25) is 5.91 Å². The maximum Gasteiger partial charge on any atom is 0.223 e. The third kappa shape index (κ3) is 2.08. The molecule has 2 aliphatic rings. The molecule has 0 radical (unpaired) electrons. The molecule has 0 aromatic carbocycles. The van der Waals surface area contributed by atoms with Crippen LogP contribution in [0.25, 0.3) is 0 Å². The number of piperidine rings is 2. The van der Waals surface area contributed by atoms with Crippen molar-refractivity contribution in [2.24, 2.45) is 0 Å². The van der Waals surface area contributed by atoms with Crippen LogP contribution in [0.3, 0.4) is 0 Å². The van der Waals surface area contributed by atoms with Gasteiger partial charge in [-0.2, -0.15) is 0 Å². The molecule has 2 rings (SSSR count). The fraction of sp³-hybridized carbons (Fsp3) is 0.909. The standard InChI is InChI=1S/C11H20N2O/c1-12-8-5-10(9-11(12)14)13-6-3-2-4-7-13/h10H,2-9H2,1H3. The highest BCUT2D eigenvalue weighted by Gasteiger charge is 2.28. The number of carbonyl (C=O) groups excluding carboxylic acids is 1. The summed E-state index contributed by atoms with van der Waals surface area (Å²) in [5, 5.41) is 0. The Morgan fingerprint density at radius 1 is 1.14 bits per heavy atom. The molecular weight excluding hydrogens is 176 g/mol. The minimum absolute atomic E-state index is 0.326. The molecule has 1 atom stereocenters. The summed E-state index contributed by atoms with van der Waals surface area (Å²) in [6.07, 6.45) is 5.93. The molecule has 2 fully saturated rings. The van der Waals surface area contributed by atoms with Crippen LogP contribution in [0.2, 0.25) is 0 Å². The SMILES string of the molecule is CN1CCC(N2CCCCC2)CC1=O. The van der Waals surface area contributed by atoms with E-state index in [4.69, 9.17) is 0 Å². The van der Waals surface area contributed by atoms with E-state index in [2.05, 4.69) is 4.90 Å². The zero-order valence-corrected chi connectivity index (χ0v) is 9.04. The first-order valence-electron chi connectivity index (χ1n) is 5.75. The number of hydrogen-bond donors (Lipinski definition) is 0. The Bertz CT molecular complexity index is 211. The van der Waals surface area contributed by atoms with Crippen LogP contribution < -0.4 is 0 Å². The smallest absolute Gasteiger partial charge is 0.223 e. The van der Waals surface area contributed by atoms with Gasteiger partial charge in [0.05, 0.1) is 0 Å². The van der Waals surface area contributed by atoms with Gasteiger partial charge < -0.3 is 4.90 Å². The zero-order chi connectivity index (χ0) is 9.97. The summed E-state index contributed by atoms with van der Waals surface area (Å²) in [4.78, 5) is 15.9. The van der Waals surface area contributed by atoms with E-state index in [0.717, 1.165) is 13.0 Å². The molecule has 2 aliphatic heterocycles. The second-order valence-electron chi connectivity index (χ2n) is 4.56. The third-order valence-electron chi connectivity index (χ3n) is 3.54. The van der Waals surface area contributed by atoms with Gasteiger partial charge in [-0.3, -0.25) is 9.69 Å². The first-order chi connectivity index (χ1) is 6.77. The summed E-state index contributed by atoms with van der Waals surface area (Å²) in [6, 6.07) is 0.541. The van der Waals surface area contributed by atoms with Crippen LogP contribution in [-0.2, 0) is 4.79 Å². The highest BCUT2D eigenvalue weighted by molar-refractivity contribution is 5.77. The Hall–Kier alpha value is -0.570. The van der Waals surface area contributed by atoms with Crippen molar-refractivity contribution >= 4 is 5.91 Å². The highest BCUT2D eigenvalue weighted by Crippen LogP contribution is 2.20. The van der Waals surface area contributed by atoms with E-state index in [1.54, 1.807) is 0 Å². The van der Waals surface area contributed by atoms with Crippen LogP contribution in [-0.4, -0.2) is 48.4 Å². The van der Waals surface area contributed by atoms with E-state index in [1.165, 1.54) is 38.8 Å². The molecule has 2 heterocycles. The van der Waals surface area contributed by atoms with Gasteiger partial charge >= 0.3 is 0 Å². The second kappa shape index (κ2) is 4.30. The molecule has 1 amide bonds. The van der Waals surface area contributed by atoms with Crippen molar-refractivity contribution in [3.8, 4) is 0 Å². The number of nitrogens with zero attached hydrogens (tertiary/aromatic N) is 2. The van der Waals surface area contributed by atoms with Crippen LogP contribution in [0.1, 0.15) is 32.1 Å². The number of likely N-dealkylation sites (tertiary alicyclic amines) is 2. The van der Waals surface area contributed by atoms with E-state index in [0.29, 0.717) is 11.9 Å². The topological polar surface area (TPSA) is 23.6 Å².